The highest BCUT2D eigenvalue weighted by molar-refractivity contribution is 7.92. The quantitative estimate of drug-likeness (QED) is 0.455. The lowest BCUT2D eigenvalue weighted by molar-refractivity contribution is -0.116. The zero-order chi connectivity index (χ0) is 26.8. The molecule has 1 atom stereocenters. The molecule has 36 heavy (non-hydrogen) atoms. The smallest absolute Gasteiger partial charge is 0.264 e. The molecule has 0 saturated carbocycles. The van der Waals surface area contributed by atoms with Gasteiger partial charge >= 0.3 is 0 Å². The van der Waals surface area contributed by atoms with E-state index < -0.39 is 32.0 Å². The van der Waals surface area contributed by atoms with Gasteiger partial charge in [-0.1, -0.05) is 6.07 Å². The first-order chi connectivity index (χ1) is 16.7. The van der Waals surface area contributed by atoms with Crippen molar-refractivity contribution in [2.24, 2.45) is 0 Å². The van der Waals surface area contributed by atoms with Crippen molar-refractivity contribution in [3.8, 4) is 0 Å². The third-order valence-electron chi connectivity index (χ3n) is 5.19. The zero-order valence-corrected chi connectivity index (χ0v) is 22.5. The molecule has 2 N–H and O–H groups in total. The largest absolute Gasteiger partial charge is 0.324 e. The summed E-state index contributed by atoms with van der Waals surface area (Å²) >= 11 is 0. The average molecular weight is 532 g/mol. The van der Waals surface area contributed by atoms with Crippen molar-refractivity contribution < 1.29 is 21.6 Å². The number of carbonyl (C=O) groups is 1. The topological polar surface area (TPSA) is 138 Å². The van der Waals surface area contributed by atoms with Crippen LogP contribution in [0.3, 0.4) is 0 Å². The number of rotatable bonds is 8. The predicted molar refractivity (Wildman–Crippen MR) is 140 cm³/mol. The molecule has 1 amide bonds. The van der Waals surface area contributed by atoms with Crippen LogP contribution in [0.25, 0.3) is 0 Å². The van der Waals surface area contributed by atoms with Crippen LogP contribution in [0.5, 0.6) is 0 Å². The highest BCUT2D eigenvalue weighted by Gasteiger charge is 2.29. The van der Waals surface area contributed by atoms with Gasteiger partial charge in [-0.15, -0.1) is 0 Å². The van der Waals surface area contributed by atoms with Crippen LogP contribution >= 0.6 is 0 Å². The lowest BCUT2D eigenvalue weighted by Crippen LogP contribution is -2.45. The molecule has 2 aromatic carbocycles. The first-order valence-electron chi connectivity index (χ1n) is 11.0. The number of nitrogens with zero attached hydrogens (tertiary/aromatic N) is 3. The number of benzene rings is 2. The van der Waals surface area contributed by atoms with Crippen molar-refractivity contribution in [1.82, 2.24) is 9.97 Å². The summed E-state index contributed by atoms with van der Waals surface area (Å²) in [5.74, 6) is -0.608. The second-order valence-corrected chi connectivity index (χ2v) is 12.2. The van der Waals surface area contributed by atoms with E-state index in [1.807, 2.05) is 19.9 Å². The Labute approximate surface area is 211 Å². The summed E-state index contributed by atoms with van der Waals surface area (Å²) in [5, 5.41) is 2.65. The molecule has 0 radical (unpaired) electrons. The number of nitrogens with one attached hydrogen (secondary N) is 2. The lowest BCUT2D eigenvalue weighted by atomic mass is 10.1. The molecule has 3 rings (SSSR count). The Morgan fingerprint density at radius 1 is 0.861 bits per heavy atom. The third kappa shape index (κ3) is 6.58. The maximum atomic E-state index is 13.0. The van der Waals surface area contributed by atoms with Crippen LogP contribution in [-0.2, 0) is 24.8 Å². The highest BCUT2D eigenvalue weighted by Crippen LogP contribution is 2.25. The summed E-state index contributed by atoms with van der Waals surface area (Å²) in [7, 11) is -7.74. The van der Waals surface area contributed by atoms with Crippen LogP contribution in [0.4, 0.5) is 17.3 Å². The fourth-order valence-corrected chi connectivity index (χ4v) is 5.90. The van der Waals surface area contributed by atoms with E-state index in [9.17, 15) is 21.6 Å². The number of sulfonamides is 2. The van der Waals surface area contributed by atoms with Gasteiger partial charge in [-0.3, -0.25) is 9.10 Å². The maximum Gasteiger partial charge on any atom is 0.264 e. The molecule has 0 bridgehead atoms. The van der Waals surface area contributed by atoms with Crippen molar-refractivity contribution in [2.45, 2.75) is 45.6 Å². The minimum Gasteiger partial charge on any atom is -0.324 e. The van der Waals surface area contributed by atoms with Crippen LogP contribution < -0.4 is 14.3 Å². The minimum atomic E-state index is -3.96. The van der Waals surface area contributed by atoms with Crippen LogP contribution in [0.15, 0.2) is 53.4 Å². The van der Waals surface area contributed by atoms with Gasteiger partial charge in [-0.2, -0.15) is 0 Å². The molecular weight excluding hydrogens is 502 g/mol. The van der Waals surface area contributed by atoms with Gasteiger partial charge < -0.3 is 5.32 Å². The monoisotopic (exact) mass is 531 g/mol. The number of amides is 1. The molecular formula is C24H29N5O5S2. The van der Waals surface area contributed by atoms with Gasteiger partial charge in [0.1, 0.15) is 6.04 Å². The zero-order valence-electron chi connectivity index (χ0n) is 20.9. The molecule has 192 valence electrons. The van der Waals surface area contributed by atoms with Gasteiger partial charge in [0, 0.05) is 17.1 Å². The molecule has 1 heterocycles. The highest BCUT2D eigenvalue weighted by atomic mass is 32.2. The molecule has 12 heteroatoms. The predicted octanol–water partition coefficient (Wildman–Crippen LogP) is 3.30. The van der Waals surface area contributed by atoms with E-state index in [1.54, 1.807) is 32.0 Å². The van der Waals surface area contributed by atoms with Crippen molar-refractivity contribution in [2.75, 3.05) is 20.6 Å². The minimum absolute atomic E-state index is 0.0362. The van der Waals surface area contributed by atoms with E-state index in [2.05, 4.69) is 20.0 Å². The standard InChI is InChI=1S/C24H29N5O5S2/c1-15-11-16(2)13-21(12-15)29(35(6,31)32)19(5)23(30)27-20-7-9-22(10-8-20)36(33,34)28-24-25-17(3)14-18(4)26-24/h7-14,19H,1-6H3,(H,27,30)(H,25,26,28)/t19-/m1/s1. The van der Waals surface area contributed by atoms with E-state index in [0.29, 0.717) is 22.8 Å². The van der Waals surface area contributed by atoms with Gasteiger partial charge in [0.2, 0.25) is 21.9 Å². The molecule has 0 aliphatic heterocycles. The van der Waals surface area contributed by atoms with E-state index in [4.69, 9.17) is 0 Å². The van der Waals surface area contributed by atoms with Gasteiger partial charge in [0.05, 0.1) is 16.8 Å². The second-order valence-electron chi connectivity index (χ2n) is 8.67. The molecule has 10 nitrogen and oxygen atoms in total. The van der Waals surface area contributed by atoms with E-state index in [-0.39, 0.29) is 10.8 Å². The van der Waals surface area contributed by atoms with Crippen molar-refractivity contribution in [1.29, 1.82) is 0 Å². The van der Waals surface area contributed by atoms with Crippen molar-refractivity contribution in [3.05, 3.63) is 71.0 Å². The van der Waals surface area contributed by atoms with Crippen LogP contribution in [0.2, 0.25) is 0 Å². The fourth-order valence-electron chi connectivity index (χ4n) is 3.80. The SMILES string of the molecule is Cc1cc(C)cc(N([C@H](C)C(=O)Nc2ccc(S(=O)(=O)Nc3nc(C)cc(C)n3)cc2)S(C)(=O)=O)c1. The first-order valence-corrected chi connectivity index (χ1v) is 14.3. The fraction of sp³-hybridized carbons (Fsp3) is 0.292. The Morgan fingerprint density at radius 2 is 1.39 bits per heavy atom. The van der Waals surface area contributed by atoms with E-state index >= 15 is 0 Å². The van der Waals surface area contributed by atoms with Crippen LogP contribution in [-0.4, -0.2) is 45.0 Å². The first kappa shape index (κ1) is 27.1. The van der Waals surface area contributed by atoms with Gasteiger partial charge in [-0.25, -0.2) is 31.5 Å². The Kier molecular flexibility index (Phi) is 7.70. The van der Waals surface area contributed by atoms with E-state index in [0.717, 1.165) is 21.7 Å². The summed E-state index contributed by atoms with van der Waals surface area (Å²) in [6.45, 7) is 8.64. The van der Waals surface area contributed by atoms with Gasteiger partial charge in [-0.05, 0) is 88.2 Å². The number of anilines is 3. The van der Waals surface area contributed by atoms with E-state index in [1.165, 1.54) is 31.2 Å². The Morgan fingerprint density at radius 3 is 1.89 bits per heavy atom. The molecule has 0 aliphatic carbocycles. The molecule has 0 unspecified atom stereocenters. The number of hydrogen-bond donors (Lipinski definition) is 2. The van der Waals surface area contributed by atoms with Gasteiger partial charge in [0.25, 0.3) is 10.0 Å². The molecule has 0 saturated heterocycles. The average Bonchev–Trinajstić information content (AvgIpc) is 2.71. The lowest BCUT2D eigenvalue weighted by Gasteiger charge is -2.28. The number of aryl methyl sites for hydroxylation is 4. The molecule has 3 aromatic rings. The maximum absolute atomic E-state index is 13.0. The second kappa shape index (κ2) is 10.2. The summed E-state index contributed by atoms with van der Waals surface area (Å²) in [5.41, 5.74) is 3.67. The third-order valence-corrected chi connectivity index (χ3v) is 7.78. The van der Waals surface area contributed by atoms with Crippen molar-refractivity contribution >= 4 is 43.3 Å². The molecule has 0 aliphatic rings. The van der Waals surface area contributed by atoms with Crippen LogP contribution in [0.1, 0.15) is 29.4 Å². The summed E-state index contributed by atoms with van der Waals surface area (Å²) in [4.78, 5) is 21.1. The molecule has 1 aromatic heterocycles. The summed E-state index contributed by atoms with van der Waals surface area (Å²) < 4.78 is 54.0. The van der Waals surface area contributed by atoms with Gasteiger partial charge in [0.15, 0.2) is 0 Å². The number of carbonyl (C=O) groups excluding carboxylic acids is 1. The molecule has 0 fully saturated rings. The number of aromatic nitrogens is 2. The Bertz CT molecular complexity index is 1460. The Hall–Kier alpha value is -3.51. The Balaban J connectivity index is 1.79. The molecule has 0 spiro atoms. The van der Waals surface area contributed by atoms with Crippen molar-refractivity contribution in [3.63, 3.8) is 0 Å². The summed E-state index contributed by atoms with van der Waals surface area (Å²) in [6, 6.07) is 11.5. The van der Waals surface area contributed by atoms with Crippen LogP contribution in [0, 0.1) is 27.7 Å². The normalized spacial score (nSPS) is 12.6. The summed E-state index contributed by atoms with van der Waals surface area (Å²) in [6.07, 6.45) is 1.04. The number of hydrogen-bond acceptors (Lipinski definition) is 7.